The maximum atomic E-state index is 2.97. The molecule has 0 fully saturated rings. The molecule has 0 aromatic rings. The predicted octanol–water partition coefficient (Wildman–Crippen LogP) is 2.76. The maximum absolute atomic E-state index is 2.97. The molecule has 50 valence electrons. The van der Waals surface area contributed by atoms with Crippen LogP contribution >= 0.6 is 0 Å². The summed E-state index contributed by atoms with van der Waals surface area (Å²) in [5, 5.41) is 0. The molecule has 0 atom stereocenters. The van der Waals surface area contributed by atoms with Crippen molar-refractivity contribution < 1.29 is 0 Å². The van der Waals surface area contributed by atoms with E-state index in [9.17, 15) is 0 Å². The molecule has 0 aromatic heterocycles. The van der Waals surface area contributed by atoms with Gasteiger partial charge in [-0.05, 0) is 12.5 Å². The zero-order valence-corrected chi connectivity index (χ0v) is 6.28. The van der Waals surface area contributed by atoms with E-state index in [2.05, 4.69) is 31.8 Å². The lowest BCUT2D eigenvalue weighted by Gasteiger charge is -1.77. The quantitative estimate of drug-likeness (QED) is 0.494. The molecule has 0 heteroatoms. The van der Waals surface area contributed by atoms with Crippen molar-refractivity contribution in [1.82, 2.24) is 0 Å². The SMILES string of the molecule is CCC#C/C=C/CCC. The van der Waals surface area contributed by atoms with Crippen LogP contribution in [0.1, 0.15) is 33.1 Å². The number of allylic oxidation sites excluding steroid dienone is 2. The molecule has 0 heterocycles. The number of rotatable bonds is 2. The zero-order chi connectivity index (χ0) is 6.95. The van der Waals surface area contributed by atoms with Crippen molar-refractivity contribution in [3.8, 4) is 11.8 Å². The van der Waals surface area contributed by atoms with Crippen LogP contribution in [-0.2, 0) is 0 Å². The van der Waals surface area contributed by atoms with Gasteiger partial charge < -0.3 is 0 Å². The average Bonchev–Trinajstić information content (AvgIpc) is 1.89. The molecule has 0 radical (unpaired) electrons. The van der Waals surface area contributed by atoms with Crippen LogP contribution in [-0.4, -0.2) is 0 Å². The van der Waals surface area contributed by atoms with Crippen molar-refractivity contribution in [2.24, 2.45) is 0 Å². The molecule has 0 amide bonds. The third kappa shape index (κ3) is 7.30. The molecule has 0 saturated carbocycles. The standard InChI is InChI=1S/C9H14/c1-3-5-7-9-8-6-4-2/h7,9H,3-5H2,1-2H3/b9-7+. The molecule has 0 bridgehead atoms. The summed E-state index contributed by atoms with van der Waals surface area (Å²) in [5.74, 6) is 5.91. The second-order valence-electron chi connectivity index (χ2n) is 1.87. The lowest BCUT2D eigenvalue weighted by molar-refractivity contribution is 0.959. The molecule has 0 N–H and O–H groups in total. The van der Waals surface area contributed by atoms with Gasteiger partial charge in [-0.25, -0.2) is 0 Å². The summed E-state index contributed by atoms with van der Waals surface area (Å²) >= 11 is 0. The Morgan fingerprint density at radius 3 is 2.67 bits per heavy atom. The molecule has 0 saturated heterocycles. The van der Waals surface area contributed by atoms with Crippen LogP contribution in [0.3, 0.4) is 0 Å². The van der Waals surface area contributed by atoms with Crippen molar-refractivity contribution in [3.63, 3.8) is 0 Å². The highest BCUT2D eigenvalue weighted by atomic mass is 13.7. The Morgan fingerprint density at radius 1 is 1.33 bits per heavy atom. The van der Waals surface area contributed by atoms with Gasteiger partial charge in [-0.15, -0.1) is 0 Å². The summed E-state index contributed by atoms with van der Waals surface area (Å²) in [7, 11) is 0. The van der Waals surface area contributed by atoms with E-state index in [0.717, 1.165) is 12.8 Å². The monoisotopic (exact) mass is 122 g/mol. The van der Waals surface area contributed by atoms with Crippen molar-refractivity contribution >= 4 is 0 Å². The fraction of sp³-hybridized carbons (Fsp3) is 0.556. The Hall–Kier alpha value is -0.700. The molecule has 0 spiro atoms. The van der Waals surface area contributed by atoms with E-state index in [1.54, 1.807) is 0 Å². The predicted molar refractivity (Wildman–Crippen MR) is 42.1 cm³/mol. The third-order valence-corrected chi connectivity index (χ3v) is 0.935. The first-order valence-electron chi connectivity index (χ1n) is 3.55. The van der Waals surface area contributed by atoms with Gasteiger partial charge in [-0.3, -0.25) is 0 Å². The second-order valence-corrected chi connectivity index (χ2v) is 1.87. The van der Waals surface area contributed by atoms with Gasteiger partial charge in [0.25, 0.3) is 0 Å². The van der Waals surface area contributed by atoms with Crippen LogP contribution in [0.2, 0.25) is 0 Å². The van der Waals surface area contributed by atoms with Gasteiger partial charge in [-0.2, -0.15) is 0 Å². The van der Waals surface area contributed by atoms with E-state index in [4.69, 9.17) is 0 Å². The fourth-order valence-corrected chi connectivity index (χ4v) is 0.470. The summed E-state index contributed by atoms with van der Waals surface area (Å²) < 4.78 is 0. The Morgan fingerprint density at radius 2 is 2.11 bits per heavy atom. The van der Waals surface area contributed by atoms with Crippen LogP contribution in [0.25, 0.3) is 0 Å². The lowest BCUT2D eigenvalue weighted by Crippen LogP contribution is -1.59. The minimum absolute atomic E-state index is 0.955. The molecular formula is C9H14. The van der Waals surface area contributed by atoms with Gasteiger partial charge in [0.2, 0.25) is 0 Å². The van der Waals surface area contributed by atoms with Gasteiger partial charge in [-0.1, -0.05) is 38.2 Å². The molecule has 0 unspecified atom stereocenters. The molecule has 0 aromatic carbocycles. The highest BCUT2D eigenvalue weighted by Gasteiger charge is 1.67. The fourth-order valence-electron chi connectivity index (χ4n) is 0.470. The third-order valence-electron chi connectivity index (χ3n) is 0.935. The zero-order valence-electron chi connectivity index (χ0n) is 6.28. The van der Waals surface area contributed by atoms with E-state index in [0.29, 0.717) is 0 Å². The van der Waals surface area contributed by atoms with Crippen LogP contribution in [0.5, 0.6) is 0 Å². The topological polar surface area (TPSA) is 0 Å². The molecule has 0 aliphatic heterocycles. The highest BCUT2D eigenvalue weighted by molar-refractivity contribution is 5.14. The summed E-state index contributed by atoms with van der Waals surface area (Å²) in [6.07, 6.45) is 7.37. The normalized spacial score (nSPS) is 9.11. The molecule has 0 aliphatic rings. The summed E-state index contributed by atoms with van der Waals surface area (Å²) in [4.78, 5) is 0. The molecular weight excluding hydrogens is 108 g/mol. The molecule has 0 nitrogen and oxygen atoms in total. The van der Waals surface area contributed by atoms with E-state index in [1.165, 1.54) is 6.42 Å². The van der Waals surface area contributed by atoms with Crippen molar-refractivity contribution in [3.05, 3.63) is 12.2 Å². The van der Waals surface area contributed by atoms with E-state index >= 15 is 0 Å². The van der Waals surface area contributed by atoms with Gasteiger partial charge in [0.15, 0.2) is 0 Å². The van der Waals surface area contributed by atoms with Gasteiger partial charge in [0.05, 0.1) is 0 Å². The molecule has 0 rings (SSSR count). The van der Waals surface area contributed by atoms with E-state index in [-0.39, 0.29) is 0 Å². The minimum Gasteiger partial charge on any atom is -0.0988 e. The van der Waals surface area contributed by atoms with Gasteiger partial charge in [0.1, 0.15) is 0 Å². The van der Waals surface area contributed by atoms with E-state index in [1.807, 2.05) is 6.08 Å². The molecule has 9 heavy (non-hydrogen) atoms. The summed E-state index contributed by atoms with van der Waals surface area (Å²) in [6.45, 7) is 4.22. The Bertz CT molecular complexity index is 121. The van der Waals surface area contributed by atoms with Crippen LogP contribution in [0.15, 0.2) is 12.2 Å². The number of unbranched alkanes of at least 4 members (excludes halogenated alkanes) is 1. The lowest BCUT2D eigenvalue weighted by atomic mass is 10.3. The minimum atomic E-state index is 0.955. The summed E-state index contributed by atoms with van der Waals surface area (Å²) in [5.41, 5.74) is 0. The Labute approximate surface area is 58.0 Å². The van der Waals surface area contributed by atoms with Gasteiger partial charge >= 0.3 is 0 Å². The van der Waals surface area contributed by atoms with Crippen LogP contribution in [0.4, 0.5) is 0 Å². The second kappa shape index (κ2) is 7.30. The van der Waals surface area contributed by atoms with Crippen LogP contribution in [0, 0.1) is 11.8 Å². The first kappa shape index (κ1) is 8.30. The number of hydrogen-bond donors (Lipinski definition) is 0. The summed E-state index contributed by atoms with van der Waals surface area (Å²) in [6, 6.07) is 0. The van der Waals surface area contributed by atoms with Crippen molar-refractivity contribution in [2.45, 2.75) is 33.1 Å². The van der Waals surface area contributed by atoms with E-state index < -0.39 is 0 Å². The van der Waals surface area contributed by atoms with Crippen molar-refractivity contribution in [1.29, 1.82) is 0 Å². The van der Waals surface area contributed by atoms with Crippen LogP contribution < -0.4 is 0 Å². The van der Waals surface area contributed by atoms with Crippen molar-refractivity contribution in [2.75, 3.05) is 0 Å². The highest BCUT2D eigenvalue weighted by Crippen LogP contribution is 1.86. The first-order valence-corrected chi connectivity index (χ1v) is 3.55. The maximum Gasteiger partial charge on any atom is 0.00637 e. The largest absolute Gasteiger partial charge is 0.0988 e. The average molecular weight is 122 g/mol. The first-order chi connectivity index (χ1) is 4.41. The smallest absolute Gasteiger partial charge is 0.00637 e. The molecule has 0 aliphatic carbocycles. The number of hydrogen-bond acceptors (Lipinski definition) is 0. The Kier molecular flexibility index (Phi) is 6.73. The van der Waals surface area contributed by atoms with Gasteiger partial charge in [0, 0.05) is 6.42 Å². The Balaban J connectivity index is 3.23.